The van der Waals surface area contributed by atoms with Gasteiger partial charge >= 0.3 is 0 Å². The summed E-state index contributed by atoms with van der Waals surface area (Å²) in [6.07, 6.45) is 0.583. The van der Waals surface area contributed by atoms with Crippen molar-refractivity contribution in [2.45, 2.75) is 70.1 Å². The highest BCUT2D eigenvalue weighted by Crippen LogP contribution is 2.56. The molecule has 4 nitrogen and oxygen atoms in total. The third kappa shape index (κ3) is 2.15. The first-order chi connectivity index (χ1) is 8.54. The third-order valence-electron chi connectivity index (χ3n) is 4.80. The van der Waals surface area contributed by atoms with Crippen LogP contribution in [0.5, 0.6) is 0 Å². The van der Waals surface area contributed by atoms with E-state index in [-0.39, 0.29) is 11.7 Å². The van der Waals surface area contributed by atoms with Gasteiger partial charge in [0.1, 0.15) is 5.60 Å². The standard InChI is InChI=1S/C15H26O4/c1-6-15(18)9-7-11(19-13(2,3)4)14(5,12(15)17)8-10(9)16/h6,9-12,16-18H,1,7-8H2,2-5H3/t9?,10?,11-,12?,14?,15?/m0/s1. The number of aliphatic hydroxyl groups excluding tert-OH is 2. The molecule has 5 unspecified atom stereocenters. The molecule has 6 atom stereocenters. The van der Waals surface area contributed by atoms with Crippen LogP contribution < -0.4 is 0 Å². The van der Waals surface area contributed by atoms with Gasteiger partial charge in [0.15, 0.2) is 0 Å². The summed E-state index contributed by atoms with van der Waals surface area (Å²) >= 11 is 0. The molecule has 0 aromatic rings. The Morgan fingerprint density at radius 3 is 2.37 bits per heavy atom. The van der Waals surface area contributed by atoms with Crippen LogP contribution in [0.25, 0.3) is 0 Å². The molecule has 0 spiro atoms. The zero-order valence-corrected chi connectivity index (χ0v) is 12.3. The van der Waals surface area contributed by atoms with Gasteiger partial charge in [-0.2, -0.15) is 0 Å². The van der Waals surface area contributed by atoms with Crippen molar-refractivity contribution >= 4 is 0 Å². The molecule has 2 bridgehead atoms. The highest BCUT2D eigenvalue weighted by Gasteiger charge is 2.65. The zero-order valence-electron chi connectivity index (χ0n) is 12.3. The lowest BCUT2D eigenvalue weighted by molar-refractivity contribution is -0.287. The van der Waals surface area contributed by atoms with Crippen LogP contribution in [-0.4, -0.2) is 44.8 Å². The molecular weight excluding hydrogens is 244 g/mol. The lowest BCUT2D eigenvalue weighted by Crippen LogP contribution is -2.71. The number of rotatable bonds is 2. The average molecular weight is 270 g/mol. The molecule has 0 amide bonds. The van der Waals surface area contributed by atoms with Gasteiger partial charge < -0.3 is 20.1 Å². The summed E-state index contributed by atoms with van der Waals surface area (Å²) in [5, 5.41) is 31.3. The van der Waals surface area contributed by atoms with Crippen LogP contribution in [0.2, 0.25) is 0 Å². The second-order valence-corrected chi connectivity index (χ2v) is 7.33. The number of aliphatic hydroxyl groups is 3. The molecule has 3 rings (SSSR count). The van der Waals surface area contributed by atoms with Gasteiger partial charge in [-0.3, -0.25) is 0 Å². The first-order valence-corrected chi connectivity index (χ1v) is 6.94. The Hall–Kier alpha value is -0.420. The predicted octanol–water partition coefficient (Wildman–Crippen LogP) is 1.24. The second kappa shape index (κ2) is 4.29. The first kappa shape index (κ1) is 15.0. The summed E-state index contributed by atoms with van der Waals surface area (Å²) in [4.78, 5) is 0. The Kier molecular flexibility index (Phi) is 3.38. The summed E-state index contributed by atoms with van der Waals surface area (Å²) in [7, 11) is 0. The molecule has 0 aromatic heterocycles. The zero-order chi connectivity index (χ0) is 14.6. The van der Waals surface area contributed by atoms with E-state index in [0.29, 0.717) is 12.8 Å². The van der Waals surface area contributed by atoms with Crippen molar-refractivity contribution in [3.05, 3.63) is 12.7 Å². The van der Waals surface area contributed by atoms with Crippen molar-refractivity contribution < 1.29 is 20.1 Å². The molecule has 0 radical (unpaired) electrons. The van der Waals surface area contributed by atoms with E-state index in [1.807, 2.05) is 27.7 Å². The molecule has 3 saturated carbocycles. The monoisotopic (exact) mass is 270 g/mol. The molecule has 110 valence electrons. The summed E-state index contributed by atoms with van der Waals surface area (Å²) in [6, 6.07) is 0. The molecule has 3 aliphatic rings. The van der Waals surface area contributed by atoms with Crippen LogP contribution in [0.4, 0.5) is 0 Å². The van der Waals surface area contributed by atoms with Crippen LogP contribution in [-0.2, 0) is 4.74 Å². The highest BCUT2D eigenvalue weighted by molar-refractivity contribution is 5.21. The van der Waals surface area contributed by atoms with Gasteiger partial charge in [-0.05, 0) is 33.6 Å². The van der Waals surface area contributed by atoms with Crippen molar-refractivity contribution in [2.75, 3.05) is 0 Å². The SMILES string of the molecule is C=CC1(O)C2C[C@H](OC(C)(C)C)C(C)(CC2O)C1O. The molecule has 0 saturated heterocycles. The van der Waals surface area contributed by atoms with Crippen LogP contribution in [0, 0.1) is 11.3 Å². The lowest BCUT2D eigenvalue weighted by Gasteiger charge is -2.62. The molecule has 19 heavy (non-hydrogen) atoms. The van der Waals surface area contributed by atoms with Crippen molar-refractivity contribution in [1.82, 2.24) is 0 Å². The van der Waals surface area contributed by atoms with Crippen molar-refractivity contribution in [1.29, 1.82) is 0 Å². The van der Waals surface area contributed by atoms with Gasteiger partial charge in [-0.1, -0.05) is 13.0 Å². The van der Waals surface area contributed by atoms with E-state index < -0.39 is 29.1 Å². The maximum Gasteiger partial charge on any atom is 0.114 e. The second-order valence-electron chi connectivity index (χ2n) is 7.33. The Bertz CT molecular complexity index is 371. The van der Waals surface area contributed by atoms with E-state index >= 15 is 0 Å². The van der Waals surface area contributed by atoms with E-state index in [9.17, 15) is 15.3 Å². The minimum absolute atomic E-state index is 0.170. The topological polar surface area (TPSA) is 69.9 Å². The molecule has 0 aliphatic heterocycles. The molecule has 4 heteroatoms. The van der Waals surface area contributed by atoms with E-state index in [2.05, 4.69) is 6.58 Å². The van der Waals surface area contributed by atoms with Gasteiger partial charge in [0.2, 0.25) is 0 Å². The third-order valence-corrected chi connectivity index (χ3v) is 4.80. The highest BCUT2D eigenvalue weighted by atomic mass is 16.5. The maximum atomic E-state index is 10.6. The number of hydrogen-bond acceptors (Lipinski definition) is 4. The van der Waals surface area contributed by atoms with E-state index in [4.69, 9.17) is 4.74 Å². The van der Waals surface area contributed by atoms with Gasteiger partial charge in [0.25, 0.3) is 0 Å². The summed E-state index contributed by atoms with van der Waals surface area (Å²) < 4.78 is 6.06. The molecule has 3 fully saturated rings. The van der Waals surface area contributed by atoms with E-state index in [1.54, 1.807) is 0 Å². The largest absolute Gasteiger partial charge is 0.393 e. The van der Waals surface area contributed by atoms with Crippen LogP contribution in [0.15, 0.2) is 12.7 Å². The number of hydrogen-bond donors (Lipinski definition) is 3. The van der Waals surface area contributed by atoms with Gasteiger partial charge in [0.05, 0.1) is 23.9 Å². The molecule has 0 heterocycles. The molecule has 3 N–H and O–H groups in total. The molecule has 3 aliphatic carbocycles. The minimum Gasteiger partial charge on any atom is -0.393 e. The van der Waals surface area contributed by atoms with Crippen molar-refractivity contribution in [2.24, 2.45) is 11.3 Å². The quantitative estimate of drug-likeness (QED) is 0.660. The maximum absolute atomic E-state index is 10.6. The fourth-order valence-electron chi connectivity index (χ4n) is 3.77. The Labute approximate surface area is 115 Å². The molecule has 0 aromatic carbocycles. The van der Waals surface area contributed by atoms with E-state index in [1.165, 1.54) is 6.08 Å². The normalized spacial score (nSPS) is 50.3. The first-order valence-electron chi connectivity index (χ1n) is 6.94. The Morgan fingerprint density at radius 1 is 1.32 bits per heavy atom. The Morgan fingerprint density at radius 2 is 1.89 bits per heavy atom. The molecular formula is C15H26O4. The van der Waals surface area contributed by atoms with E-state index in [0.717, 1.165) is 0 Å². The summed E-state index contributed by atoms with van der Waals surface area (Å²) in [5.41, 5.74) is -2.41. The predicted molar refractivity (Wildman–Crippen MR) is 72.6 cm³/mol. The van der Waals surface area contributed by atoms with Gasteiger partial charge in [0, 0.05) is 11.3 Å². The van der Waals surface area contributed by atoms with Crippen molar-refractivity contribution in [3.8, 4) is 0 Å². The smallest absolute Gasteiger partial charge is 0.114 e. The van der Waals surface area contributed by atoms with Crippen molar-refractivity contribution in [3.63, 3.8) is 0 Å². The fraction of sp³-hybridized carbons (Fsp3) is 0.867. The Balaban J connectivity index is 2.35. The fourth-order valence-corrected chi connectivity index (χ4v) is 3.77. The van der Waals surface area contributed by atoms with Crippen LogP contribution >= 0.6 is 0 Å². The number of fused-ring (bicyclic) bond motifs is 3. The number of ether oxygens (including phenoxy) is 1. The summed E-state index contributed by atoms with van der Waals surface area (Å²) in [5.74, 6) is -0.422. The minimum atomic E-state index is -1.43. The summed E-state index contributed by atoms with van der Waals surface area (Å²) in [6.45, 7) is 11.4. The van der Waals surface area contributed by atoms with Gasteiger partial charge in [-0.15, -0.1) is 6.58 Å². The van der Waals surface area contributed by atoms with Crippen LogP contribution in [0.1, 0.15) is 40.5 Å². The lowest BCUT2D eigenvalue weighted by atomic mass is 9.50. The average Bonchev–Trinajstić information content (AvgIpc) is 2.27. The van der Waals surface area contributed by atoms with Crippen LogP contribution in [0.3, 0.4) is 0 Å². The van der Waals surface area contributed by atoms with Gasteiger partial charge in [-0.25, -0.2) is 0 Å².